The van der Waals surface area contributed by atoms with Crippen LogP contribution in [0.3, 0.4) is 0 Å². The monoisotopic (exact) mass is 202 g/mol. The summed E-state index contributed by atoms with van der Waals surface area (Å²) in [5, 5.41) is 20.0. The average molecular weight is 202 g/mol. The van der Waals surface area contributed by atoms with E-state index in [1.54, 1.807) is 0 Å². The number of carbonyl (C=O) groups excluding carboxylic acids is 1. The van der Waals surface area contributed by atoms with Gasteiger partial charge in [0.1, 0.15) is 0 Å². The van der Waals surface area contributed by atoms with E-state index < -0.39 is 18.1 Å². The van der Waals surface area contributed by atoms with Crippen LogP contribution in [-0.2, 0) is 4.79 Å². The lowest BCUT2D eigenvalue weighted by Gasteiger charge is -2.12. The molecular weight excluding hydrogens is 188 g/mol. The van der Waals surface area contributed by atoms with Gasteiger partial charge in [0, 0.05) is 18.4 Å². The van der Waals surface area contributed by atoms with E-state index in [1.165, 1.54) is 0 Å². The number of hydrogen-bond donors (Lipinski definition) is 4. The van der Waals surface area contributed by atoms with E-state index in [-0.39, 0.29) is 18.4 Å². The number of hydrogen-bond acceptors (Lipinski definition) is 3. The Bertz CT molecular complexity index is 243. The first-order chi connectivity index (χ1) is 6.50. The number of carboxylic acid groups (broad SMARTS) is 1. The number of aliphatic hydroxyl groups is 1. The standard InChI is InChI=1S/C8H14N2O4/c9-7(12)4-1-5(6(11)2-4)3-10-8(13)14/h4-6,10-11H,1-3H2,(H2,9,12)(H,13,14)/t4-,5+,6+/m0/s1. The maximum atomic E-state index is 10.8. The molecular formula is C8H14N2O4. The van der Waals surface area contributed by atoms with Gasteiger partial charge < -0.3 is 21.3 Å². The number of rotatable bonds is 3. The minimum absolute atomic E-state index is 0.167. The van der Waals surface area contributed by atoms with E-state index in [0.29, 0.717) is 12.8 Å². The molecule has 1 rings (SSSR count). The molecule has 0 heterocycles. The summed E-state index contributed by atoms with van der Waals surface area (Å²) < 4.78 is 0. The lowest BCUT2D eigenvalue weighted by molar-refractivity contribution is -0.121. The van der Waals surface area contributed by atoms with E-state index in [2.05, 4.69) is 5.32 Å². The third kappa shape index (κ3) is 2.59. The lowest BCUT2D eigenvalue weighted by Crippen LogP contribution is -2.31. The zero-order chi connectivity index (χ0) is 10.7. The van der Waals surface area contributed by atoms with Crippen molar-refractivity contribution in [2.24, 2.45) is 17.6 Å². The summed E-state index contributed by atoms with van der Waals surface area (Å²) in [6.07, 6.45) is -0.975. The highest BCUT2D eigenvalue weighted by Crippen LogP contribution is 2.30. The first-order valence-electron chi connectivity index (χ1n) is 4.45. The van der Waals surface area contributed by atoms with Crippen LogP contribution in [0.2, 0.25) is 0 Å². The fourth-order valence-corrected chi connectivity index (χ4v) is 1.77. The maximum absolute atomic E-state index is 10.8. The van der Waals surface area contributed by atoms with Gasteiger partial charge in [-0.25, -0.2) is 4.79 Å². The van der Waals surface area contributed by atoms with Crippen LogP contribution in [0, 0.1) is 11.8 Å². The molecule has 6 nitrogen and oxygen atoms in total. The molecule has 0 radical (unpaired) electrons. The van der Waals surface area contributed by atoms with Crippen molar-refractivity contribution in [3.63, 3.8) is 0 Å². The molecule has 0 aliphatic heterocycles. The molecule has 1 saturated carbocycles. The van der Waals surface area contributed by atoms with Gasteiger partial charge in [0.05, 0.1) is 6.10 Å². The molecule has 3 atom stereocenters. The molecule has 1 aliphatic carbocycles. The van der Waals surface area contributed by atoms with Gasteiger partial charge in [-0.15, -0.1) is 0 Å². The highest BCUT2D eigenvalue weighted by Gasteiger charge is 2.35. The highest BCUT2D eigenvalue weighted by molar-refractivity contribution is 5.77. The number of nitrogens with one attached hydrogen (secondary N) is 1. The fraction of sp³-hybridized carbons (Fsp3) is 0.750. The number of primary amides is 1. The van der Waals surface area contributed by atoms with Crippen molar-refractivity contribution < 1.29 is 19.8 Å². The van der Waals surface area contributed by atoms with E-state index in [1.807, 2.05) is 0 Å². The number of nitrogens with two attached hydrogens (primary N) is 1. The predicted octanol–water partition coefficient (Wildman–Crippen LogP) is -0.874. The van der Waals surface area contributed by atoms with Gasteiger partial charge in [-0.05, 0) is 12.8 Å². The Morgan fingerprint density at radius 1 is 1.43 bits per heavy atom. The lowest BCUT2D eigenvalue weighted by atomic mass is 10.0. The fourth-order valence-electron chi connectivity index (χ4n) is 1.77. The Morgan fingerprint density at radius 2 is 2.07 bits per heavy atom. The third-order valence-corrected chi connectivity index (χ3v) is 2.58. The second-order valence-corrected chi connectivity index (χ2v) is 3.58. The van der Waals surface area contributed by atoms with E-state index in [9.17, 15) is 14.7 Å². The molecule has 1 aliphatic rings. The average Bonchev–Trinajstić information content (AvgIpc) is 2.43. The van der Waals surface area contributed by atoms with Crippen molar-refractivity contribution in [3.8, 4) is 0 Å². The van der Waals surface area contributed by atoms with Crippen LogP contribution >= 0.6 is 0 Å². The van der Waals surface area contributed by atoms with E-state index >= 15 is 0 Å². The molecule has 5 N–H and O–H groups in total. The quantitative estimate of drug-likeness (QED) is 0.476. The third-order valence-electron chi connectivity index (χ3n) is 2.58. The Labute approximate surface area is 81.1 Å². The van der Waals surface area contributed by atoms with Crippen LogP contribution in [0.15, 0.2) is 0 Å². The van der Waals surface area contributed by atoms with Gasteiger partial charge in [0.25, 0.3) is 0 Å². The molecule has 6 heteroatoms. The van der Waals surface area contributed by atoms with Crippen LogP contribution in [-0.4, -0.2) is 34.9 Å². The SMILES string of the molecule is NC(=O)[C@H]1C[C@H](CNC(=O)O)[C@H](O)C1. The normalized spacial score (nSPS) is 31.4. The Balaban J connectivity index is 2.40. The van der Waals surface area contributed by atoms with Crippen molar-refractivity contribution >= 4 is 12.0 Å². The van der Waals surface area contributed by atoms with Gasteiger partial charge in [0.15, 0.2) is 0 Å². The van der Waals surface area contributed by atoms with E-state index in [0.717, 1.165) is 0 Å². The number of amides is 2. The summed E-state index contributed by atoms with van der Waals surface area (Å²) in [4.78, 5) is 21.0. The summed E-state index contributed by atoms with van der Waals surface area (Å²) in [5.41, 5.74) is 5.09. The number of aliphatic hydroxyl groups excluding tert-OH is 1. The van der Waals surface area contributed by atoms with Gasteiger partial charge in [-0.2, -0.15) is 0 Å². The summed E-state index contributed by atoms with van der Waals surface area (Å²) in [6.45, 7) is 0.167. The zero-order valence-corrected chi connectivity index (χ0v) is 7.64. The Hall–Kier alpha value is -1.30. The van der Waals surface area contributed by atoms with Crippen LogP contribution in [0.25, 0.3) is 0 Å². The smallest absolute Gasteiger partial charge is 0.404 e. The van der Waals surface area contributed by atoms with Crippen LogP contribution in [0.5, 0.6) is 0 Å². The summed E-state index contributed by atoms with van der Waals surface area (Å²) in [6, 6.07) is 0. The summed E-state index contributed by atoms with van der Waals surface area (Å²) >= 11 is 0. The largest absolute Gasteiger partial charge is 0.465 e. The minimum atomic E-state index is -1.13. The second kappa shape index (κ2) is 4.28. The molecule has 0 spiro atoms. The molecule has 80 valence electrons. The van der Waals surface area contributed by atoms with E-state index in [4.69, 9.17) is 10.8 Å². The van der Waals surface area contributed by atoms with Crippen LogP contribution in [0.1, 0.15) is 12.8 Å². The zero-order valence-electron chi connectivity index (χ0n) is 7.64. The minimum Gasteiger partial charge on any atom is -0.465 e. The molecule has 14 heavy (non-hydrogen) atoms. The molecule has 0 bridgehead atoms. The Kier molecular flexibility index (Phi) is 3.29. The topological polar surface area (TPSA) is 113 Å². The molecule has 0 aromatic heterocycles. The first kappa shape index (κ1) is 10.8. The summed E-state index contributed by atoms with van der Waals surface area (Å²) in [7, 11) is 0. The van der Waals surface area contributed by atoms with Gasteiger partial charge in [-0.1, -0.05) is 0 Å². The van der Waals surface area contributed by atoms with Gasteiger partial charge in [-0.3, -0.25) is 4.79 Å². The Morgan fingerprint density at radius 3 is 2.50 bits per heavy atom. The molecule has 0 saturated heterocycles. The molecule has 1 fully saturated rings. The predicted molar refractivity (Wildman–Crippen MR) is 47.4 cm³/mol. The molecule has 2 amide bonds. The van der Waals surface area contributed by atoms with Crippen molar-refractivity contribution in [2.75, 3.05) is 6.54 Å². The van der Waals surface area contributed by atoms with Crippen molar-refractivity contribution in [2.45, 2.75) is 18.9 Å². The molecule has 0 aromatic rings. The van der Waals surface area contributed by atoms with Gasteiger partial charge in [0.2, 0.25) is 5.91 Å². The molecule has 0 unspecified atom stereocenters. The summed E-state index contributed by atoms with van der Waals surface area (Å²) in [5.74, 6) is -0.962. The van der Waals surface area contributed by atoms with Crippen molar-refractivity contribution in [1.29, 1.82) is 0 Å². The van der Waals surface area contributed by atoms with Crippen LogP contribution in [0.4, 0.5) is 4.79 Å². The van der Waals surface area contributed by atoms with Gasteiger partial charge >= 0.3 is 6.09 Å². The highest BCUT2D eigenvalue weighted by atomic mass is 16.4. The van der Waals surface area contributed by atoms with Crippen LogP contribution < -0.4 is 11.1 Å². The van der Waals surface area contributed by atoms with Crippen molar-refractivity contribution in [3.05, 3.63) is 0 Å². The first-order valence-corrected chi connectivity index (χ1v) is 4.45. The maximum Gasteiger partial charge on any atom is 0.404 e. The molecule has 0 aromatic carbocycles. The number of carbonyl (C=O) groups is 2. The van der Waals surface area contributed by atoms with Crippen molar-refractivity contribution in [1.82, 2.24) is 5.32 Å². The second-order valence-electron chi connectivity index (χ2n) is 3.58.